The average molecular weight is 378 g/mol. The van der Waals surface area contributed by atoms with Gasteiger partial charge in [-0.3, -0.25) is 0 Å². The zero-order valence-corrected chi connectivity index (χ0v) is 17.3. The molecule has 27 heavy (non-hydrogen) atoms. The maximum absolute atomic E-state index is 5.58. The van der Waals surface area contributed by atoms with Crippen molar-refractivity contribution >= 4 is 5.96 Å². The van der Waals surface area contributed by atoms with E-state index in [0.29, 0.717) is 13.2 Å². The van der Waals surface area contributed by atoms with Crippen molar-refractivity contribution in [1.82, 2.24) is 10.2 Å². The fourth-order valence-electron chi connectivity index (χ4n) is 3.24. The van der Waals surface area contributed by atoms with Crippen LogP contribution in [0.5, 0.6) is 11.5 Å². The first-order chi connectivity index (χ1) is 13.2. The Morgan fingerprint density at radius 1 is 1.26 bits per heavy atom. The third-order valence-corrected chi connectivity index (χ3v) is 4.85. The Morgan fingerprint density at radius 3 is 2.70 bits per heavy atom. The molecule has 0 unspecified atom stereocenters. The highest BCUT2D eigenvalue weighted by Crippen LogP contribution is 2.28. The lowest BCUT2D eigenvalue weighted by Crippen LogP contribution is -2.40. The SMILES string of the molecule is CCNC(=NCc1ccc(OCC)c(OC)c1)N(C)CCC1CCOCC1. The Morgan fingerprint density at radius 2 is 2.04 bits per heavy atom. The van der Waals surface area contributed by atoms with Crippen LogP contribution in [0.25, 0.3) is 0 Å². The van der Waals surface area contributed by atoms with E-state index in [1.165, 1.54) is 19.3 Å². The Kier molecular flexibility index (Phi) is 9.25. The standard InChI is InChI=1S/C21H35N3O3/c1-5-22-21(24(3)12-9-17-10-13-26-14-11-17)23-16-18-7-8-19(27-6-2)20(15-18)25-4/h7-8,15,17H,5-6,9-14,16H2,1-4H3,(H,22,23). The molecule has 0 saturated carbocycles. The van der Waals surface area contributed by atoms with Crippen molar-refractivity contribution in [2.24, 2.45) is 10.9 Å². The van der Waals surface area contributed by atoms with Gasteiger partial charge in [0.05, 0.1) is 20.3 Å². The molecule has 0 radical (unpaired) electrons. The van der Waals surface area contributed by atoms with Crippen LogP contribution in [0, 0.1) is 5.92 Å². The summed E-state index contributed by atoms with van der Waals surface area (Å²) in [5.41, 5.74) is 1.10. The molecule has 1 saturated heterocycles. The molecular formula is C21H35N3O3. The molecule has 1 N–H and O–H groups in total. The number of guanidine groups is 1. The van der Waals surface area contributed by atoms with Gasteiger partial charge in [0, 0.05) is 33.4 Å². The first-order valence-electron chi connectivity index (χ1n) is 10.0. The molecule has 2 rings (SSSR count). The summed E-state index contributed by atoms with van der Waals surface area (Å²) in [5, 5.41) is 3.40. The van der Waals surface area contributed by atoms with Gasteiger partial charge in [-0.05, 0) is 56.7 Å². The molecule has 1 aliphatic heterocycles. The van der Waals surface area contributed by atoms with E-state index in [0.717, 1.165) is 55.2 Å². The molecule has 0 aliphatic carbocycles. The normalized spacial score (nSPS) is 15.5. The lowest BCUT2D eigenvalue weighted by molar-refractivity contribution is 0.0625. The number of benzene rings is 1. The van der Waals surface area contributed by atoms with Crippen LogP contribution < -0.4 is 14.8 Å². The van der Waals surface area contributed by atoms with E-state index in [1.54, 1.807) is 7.11 Å². The molecule has 0 spiro atoms. The molecule has 1 aromatic rings. The van der Waals surface area contributed by atoms with Crippen molar-refractivity contribution in [2.75, 3.05) is 47.1 Å². The zero-order chi connectivity index (χ0) is 19.5. The third kappa shape index (κ3) is 6.94. The van der Waals surface area contributed by atoms with Gasteiger partial charge in [0.1, 0.15) is 0 Å². The van der Waals surface area contributed by atoms with Crippen LogP contribution in [0.15, 0.2) is 23.2 Å². The molecule has 0 bridgehead atoms. The van der Waals surface area contributed by atoms with Gasteiger partial charge in [-0.1, -0.05) is 6.07 Å². The number of ether oxygens (including phenoxy) is 3. The van der Waals surface area contributed by atoms with Crippen molar-refractivity contribution in [3.05, 3.63) is 23.8 Å². The lowest BCUT2D eigenvalue weighted by Gasteiger charge is -2.26. The molecule has 152 valence electrons. The highest BCUT2D eigenvalue weighted by atomic mass is 16.5. The highest BCUT2D eigenvalue weighted by molar-refractivity contribution is 5.79. The van der Waals surface area contributed by atoms with E-state index in [4.69, 9.17) is 19.2 Å². The third-order valence-electron chi connectivity index (χ3n) is 4.85. The summed E-state index contributed by atoms with van der Waals surface area (Å²) in [6.07, 6.45) is 3.53. The van der Waals surface area contributed by atoms with Crippen LogP contribution in [-0.2, 0) is 11.3 Å². The number of methoxy groups -OCH3 is 1. The van der Waals surface area contributed by atoms with Gasteiger partial charge in [0.15, 0.2) is 17.5 Å². The van der Waals surface area contributed by atoms with E-state index in [9.17, 15) is 0 Å². The Labute approximate surface area is 163 Å². The Balaban J connectivity index is 1.96. The molecule has 6 heteroatoms. The first-order valence-corrected chi connectivity index (χ1v) is 10.0. The van der Waals surface area contributed by atoms with Crippen LogP contribution in [0.1, 0.15) is 38.7 Å². The van der Waals surface area contributed by atoms with Gasteiger partial charge >= 0.3 is 0 Å². The van der Waals surface area contributed by atoms with Crippen molar-refractivity contribution in [2.45, 2.75) is 39.7 Å². The second-order valence-electron chi connectivity index (χ2n) is 6.85. The van der Waals surface area contributed by atoms with Gasteiger partial charge in [-0.15, -0.1) is 0 Å². The maximum Gasteiger partial charge on any atom is 0.193 e. The summed E-state index contributed by atoms with van der Waals surface area (Å²) in [7, 11) is 3.78. The van der Waals surface area contributed by atoms with Crippen LogP contribution in [-0.4, -0.2) is 57.9 Å². The number of nitrogens with one attached hydrogen (secondary N) is 1. The molecule has 1 aromatic carbocycles. The lowest BCUT2D eigenvalue weighted by atomic mass is 9.96. The topological polar surface area (TPSA) is 55.3 Å². The van der Waals surface area contributed by atoms with Crippen LogP contribution in [0.3, 0.4) is 0 Å². The summed E-state index contributed by atoms with van der Waals surface area (Å²) in [6, 6.07) is 6.00. The zero-order valence-electron chi connectivity index (χ0n) is 17.3. The fourth-order valence-corrected chi connectivity index (χ4v) is 3.24. The molecule has 0 atom stereocenters. The van der Waals surface area contributed by atoms with E-state index in [1.807, 2.05) is 25.1 Å². The van der Waals surface area contributed by atoms with Gasteiger partial charge in [-0.2, -0.15) is 0 Å². The summed E-state index contributed by atoms with van der Waals surface area (Å²) < 4.78 is 16.5. The predicted octanol–water partition coefficient (Wildman–Crippen LogP) is 3.31. The highest BCUT2D eigenvalue weighted by Gasteiger charge is 2.15. The van der Waals surface area contributed by atoms with Gasteiger partial charge < -0.3 is 24.4 Å². The van der Waals surface area contributed by atoms with Gasteiger partial charge in [0.25, 0.3) is 0 Å². The predicted molar refractivity (Wildman–Crippen MR) is 110 cm³/mol. The Hall–Kier alpha value is -1.95. The Bertz CT molecular complexity index is 586. The van der Waals surface area contributed by atoms with Crippen LogP contribution >= 0.6 is 0 Å². The van der Waals surface area contributed by atoms with Crippen LogP contribution in [0.2, 0.25) is 0 Å². The summed E-state index contributed by atoms with van der Waals surface area (Å²) >= 11 is 0. The molecule has 1 aliphatic rings. The van der Waals surface area contributed by atoms with Gasteiger partial charge in [0.2, 0.25) is 0 Å². The van der Waals surface area contributed by atoms with Crippen molar-refractivity contribution in [3.63, 3.8) is 0 Å². The van der Waals surface area contributed by atoms with Crippen molar-refractivity contribution < 1.29 is 14.2 Å². The minimum atomic E-state index is 0.604. The monoisotopic (exact) mass is 377 g/mol. The number of hydrogen-bond donors (Lipinski definition) is 1. The molecule has 1 fully saturated rings. The van der Waals surface area contributed by atoms with Crippen molar-refractivity contribution in [3.8, 4) is 11.5 Å². The van der Waals surface area contributed by atoms with E-state index < -0.39 is 0 Å². The minimum Gasteiger partial charge on any atom is -0.493 e. The van der Waals surface area contributed by atoms with Crippen molar-refractivity contribution in [1.29, 1.82) is 0 Å². The number of rotatable bonds is 9. The molecule has 1 heterocycles. The largest absolute Gasteiger partial charge is 0.493 e. The number of aliphatic imine (C=N–C) groups is 1. The summed E-state index contributed by atoms with van der Waals surface area (Å²) in [6.45, 7) is 8.96. The number of hydrogen-bond acceptors (Lipinski definition) is 4. The molecule has 0 amide bonds. The maximum atomic E-state index is 5.58. The van der Waals surface area contributed by atoms with E-state index >= 15 is 0 Å². The van der Waals surface area contributed by atoms with E-state index in [2.05, 4.69) is 24.2 Å². The quantitative estimate of drug-likeness (QED) is 0.529. The molecule has 6 nitrogen and oxygen atoms in total. The molecular weight excluding hydrogens is 342 g/mol. The average Bonchev–Trinajstić information content (AvgIpc) is 2.71. The summed E-state index contributed by atoms with van der Waals surface area (Å²) in [5.74, 6) is 3.23. The fraction of sp³-hybridized carbons (Fsp3) is 0.667. The minimum absolute atomic E-state index is 0.604. The second kappa shape index (κ2) is 11.7. The first kappa shape index (κ1) is 21.4. The second-order valence-corrected chi connectivity index (χ2v) is 6.85. The van der Waals surface area contributed by atoms with Crippen LogP contribution in [0.4, 0.5) is 0 Å². The molecule has 0 aromatic heterocycles. The van der Waals surface area contributed by atoms with E-state index in [-0.39, 0.29) is 0 Å². The van der Waals surface area contributed by atoms with Gasteiger partial charge in [-0.25, -0.2) is 4.99 Å². The summed E-state index contributed by atoms with van der Waals surface area (Å²) in [4.78, 5) is 7.04. The number of nitrogens with zero attached hydrogens (tertiary/aromatic N) is 2. The smallest absolute Gasteiger partial charge is 0.193 e.